The lowest BCUT2D eigenvalue weighted by molar-refractivity contribution is -0.131. The standard InChI is InChI=1S/C53H69N15O18P2/c1-27(2)37(62-35(70)11-7-6-8-19-66-28(3)12-17-36(66)71)32(69)20-30(10-9-18-56-52(55)76)47(74)61-31-15-13-29(14-16-31)21-80-53(77)63-44-38-45(58-24-57-44)67(25-59-38)50-43-40(72)33(83-50)22-81-87(4,78)85-42-34(23-82-88(5,79)86-43)84-49(41(42)73)68-26-60-39-46(68)64-51(54)65-48(39)75/h12-17,24-27,30,33-34,37,40-43,49-50,72-73H,3,6-11,18-23H2,1-2,4-5H3,(H,61,74)(H,62,70)(H3,55,56,76)(H3,54,64,65,75)(H,57,58,63,77)/t30-,33-,34-,37+,40?,41?,42+,43+,49-,50-,87?,88?/m1/s1. The zero-order valence-electron chi connectivity index (χ0n) is 48.3. The number of ketones is 1. The number of nitrogens with one attached hydrogen (secondary N) is 5. The molecule has 6 amide bonds. The molecule has 5 aromatic rings. The minimum Gasteiger partial charge on any atom is -0.444 e. The average molecular weight is 1270 g/mol. The molecule has 474 valence electrons. The van der Waals surface area contributed by atoms with E-state index in [0.29, 0.717) is 49.2 Å². The van der Waals surface area contributed by atoms with E-state index in [1.54, 1.807) is 49.1 Å². The number of carbonyl (C=O) groups is 6. The third-order valence-corrected chi connectivity index (χ3v) is 17.3. The summed E-state index contributed by atoms with van der Waals surface area (Å²) in [5, 5.41) is 33.8. The van der Waals surface area contributed by atoms with Crippen LogP contribution in [0.4, 0.5) is 27.0 Å². The molecule has 0 saturated carbocycles. The molecule has 4 aliphatic rings. The first-order valence-corrected chi connectivity index (χ1v) is 32.1. The van der Waals surface area contributed by atoms with Crippen LogP contribution in [0.1, 0.15) is 76.8 Å². The van der Waals surface area contributed by atoms with Gasteiger partial charge in [0.25, 0.3) is 11.5 Å². The maximum Gasteiger partial charge on any atom is 0.413 e. The monoisotopic (exact) mass is 1270 g/mol. The molecule has 0 radical (unpaired) electrons. The number of ether oxygens (including phenoxy) is 3. The Bertz CT molecular complexity index is 3620. The van der Waals surface area contributed by atoms with E-state index in [4.69, 9.17) is 43.8 Å². The molecule has 3 saturated heterocycles. The summed E-state index contributed by atoms with van der Waals surface area (Å²) in [4.78, 5) is 115. The molecule has 9 rings (SSSR count). The minimum absolute atomic E-state index is 0.0216. The highest BCUT2D eigenvalue weighted by atomic mass is 31.2. The van der Waals surface area contributed by atoms with Crippen molar-refractivity contribution in [3.8, 4) is 0 Å². The molecule has 3 fully saturated rings. The van der Waals surface area contributed by atoms with Crippen LogP contribution in [0.3, 0.4) is 0 Å². The van der Waals surface area contributed by atoms with Gasteiger partial charge in [-0.25, -0.2) is 29.5 Å². The van der Waals surface area contributed by atoms with E-state index in [9.17, 15) is 52.9 Å². The Morgan fingerprint density at radius 3 is 2.22 bits per heavy atom. The van der Waals surface area contributed by atoms with Gasteiger partial charge in [-0.15, -0.1) is 0 Å². The highest BCUT2D eigenvalue weighted by Gasteiger charge is 2.53. The molecule has 2 bridgehead atoms. The van der Waals surface area contributed by atoms with Crippen LogP contribution in [0, 0.1) is 11.8 Å². The van der Waals surface area contributed by atoms with Gasteiger partial charge in [0.15, 0.2) is 46.4 Å². The van der Waals surface area contributed by atoms with Crippen molar-refractivity contribution < 1.29 is 80.4 Å². The van der Waals surface area contributed by atoms with Crippen LogP contribution in [-0.4, -0.2) is 172 Å². The second kappa shape index (κ2) is 27.7. The second-order valence-electron chi connectivity index (χ2n) is 21.8. The van der Waals surface area contributed by atoms with Gasteiger partial charge in [-0.3, -0.25) is 61.6 Å². The fourth-order valence-electron chi connectivity index (χ4n) is 10.4. The van der Waals surface area contributed by atoms with Gasteiger partial charge in [0, 0.05) is 62.6 Å². The number of aromatic nitrogens is 8. The Balaban J connectivity index is 0.797. The quantitative estimate of drug-likeness (QED) is 0.0355. The van der Waals surface area contributed by atoms with Crippen LogP contribution in [0.2, 0.25) is 0 Å². The lowest BCUT2D eigenvalue weighted by Crippen LogP contribution is -2.45. The number of rotatable bonds is 22. The molecular formula is C53H69N15O18P2. The van der Waals surface area contributed by atoms with Gasteiger partial charge < -0.3 is 65.8 Å². The molecule has 11 N–H and O–H groups in total. The zero-order chi connectivity index (χ0) is 63.2. The van der Waals surface area contributed by atoms with Gasteiger partial charge in [-0.2, -0.15) is 4.98 Å². The minimum atomic E-state index is -4.24. The number of allylic oxidation sites excluding steroid dienone is 1. The molecule has 88 heavy (non-hydrogen) atoms. The maximum atomic E-state index is 14.2. The summed E-state index contributed by atoms with van der Waals surface area (Å²) in [5.41, 5.74) is 11.7. The molecule has 8 heterocycles. The van der Waals surface area contributed by atoms with E-state index in [-0.39, 0.29) is 90.0 Å². The number of aliphatic hydroxyl groups excluding tert-OH is 2. The molecule has 4 aliphatic heterocycles. The van der Waals surface area contributed by atoms with Crippen molar-refractivity contribution in [2.75, 3.05) is 56.0 Å². The van der Waals surface area contributed by atoms with Crippen molar-refractivity contribution in [3.63, 3.8) is 0 Å². The number of Topliss-reactive ketones (excluding diaryl/α,β-unsaturated/α-hetero) is 1. The molecule has 0 spiro atoms. The van der Waals surface area contributed by atoms with Crippen LogP contribution in [0.25, 0.3) is 22.3 Å². The third kappa shape index (κ3) is 15.5. The number of nitrogen functional groups attached to an aromatic ring is 1. The topological polar surface area (TPSA) is 452 Å². The SMILES string of the molecule is C=C1C=CC(=O)N1CCCCCC(=O)N[C@H](C(=O)C[C@@H](CCCNC(N)=O)C(=O)Nc1ccc(COC(=O)Nc2ncnc3c2ncn3[C@@H]2O[C@@H]3COP(C)(=O)O[C@@H]4C(O)[C@H](n5cnc6c(=O)[nH]c(N)nc65)O[C@@H]4COP(C)(=O)O[C@H]2C3O)cc1)C(C)C. The van der Waals surface area contributed by atoms with E-state index in [0.717, 1.165) is 19.7 Å². The molecule has 0 aliphatic carbocycles. The van der Waals surface area contributed by atoms with Gasteiger partial charge in [-0.1, -0.05) is 39.0 Å². The van der Waals surface area contributed by atoms with Gasteiger partial charge in [0.05, 0.1) is 31.9 Å². The molecule has 4 aromatic heterocycles. The van der Waals surface area contributed by atoms with E-state index in [1.165, 1.54) is 27.9 Å². The number of hydrogen-bond donors (Lipinski definition) is 9. The summed E-state index contributed by atoms with van der Waals surface area (Å²) in [6.45, 7) is 8.90. The van der Waals surface area contributed by atoms with Crippen LogP contribution >= 0.6 is 15.2 Å². The Labute approximate surface area is 501 Å². The lowest BCUT2D eigenvalue weighted by Gasteiger charge is -2.27. The summed E-state index contributed by atoms with van der Waals surface area (Å²) >= 11 is 0. The predicted molar refractivity (Wildman–Crippen MR) is 310 cm³/mol. The summed E-state index contributed by atoms with van der Waals surface area (Å²) in [7, 11) is -8.41. The van der Waals surface area contributed by atoms with Crippen LogP contribution in [-0.2, 0) is 67.2 Å². The zero-order valence-corrected chi connectivity index (χ0v) is 50.1. The van der Waals surface area contributed by atoms with Crippen molar-refractivity contribution in [3.05, 3.63) is 83.6 Å². The number of anilines is 3. The predicted octanol–water partition coefficient (Wildman–Crippen LogP) is 2.85. The normalized spacial score (nSPS) is 26.2. The van der Waals surface area contributed by atoms with Gasteiger partial charge in [-0.05, 0) is 55.4 Å². The van der Waals surface area contributed by atoms with Crippen LogP contribution in [0.5, 0.6) is 0 Å². The van der Waals surface area contributed by atoms with Crippen molar-refractivity contribution in [2.45, 2.75) is 121 Å². The average Bonchev–Trinajstić information content (AvgIpc) is 3.04. The third-order valence-electron chi connectivity index (χ3n) is 14.9. The first-order chi connectivity index (χ1) is 41.8. The number of benzene rings is 1. The second-order valence-corrected chi connectivity index (χ2v) is 25.8. The summed E-state index contributed by atoms with van der Waals surface area (Å²) in [6.07, 6.45) is -3.51. The molecule has 1 aromatic carbocycles. The first-order valence-electron chi connectivity index (χ1n) is 28.1. The van der Waals surface area contributed by atoms with Crippen molar-refractivity contribution in [1.29, 1.82) is 0 Å². The molecule has 35 heteroatoms. The number of imidazole rings is 2. The number of fused-ring (bicyclic) bond motifs is 5. The van der Waals surface area contributed by atoms with Crippen molar-refractivity contribution in [1.82, 2.24) is 54.6 Å². The number of amides is 6. The fraction of sp³-hybridized carbons (Fsp3) is 0.509. The highest BCUT2D eigenvalue weighted by molar-refractivity contribution is 7.53. The number of aromatic amines is 1. The maximum absolute atomic E-state index is 14.2. The van der Waals surface area contributed by atoms with Crippen LogP contribution < -0.4 is 38.3 Å². The fourth-order valence-corrected chi connectivity index (χ4v) is 12.7. The van der Waals surface area contributed by atoms with E-state index >= 15 is 0 Å². The van der Waals surface area contributed by atoms with Gasteiger partial charge in [0.2, 0.25) is 17.8 Å². The molecule has 4 unspecified atom stereocenters. The number of nitrogens with two attached hydrogens (primary N) is 2. The van der Waals surface area contributed by atoms with E-state index in [2.05, 4.69) is 57.7 Å². The van der Waals surface area contributed by atoms with Gasteiger partial charge in [0.1, 0.15) is 49.6 Å². The first kappa shape index (κ1) is 64.6. The number of unbranched alkanes of at least 4 members (excludes halogenated alkanes) is 2. The molecular weight excluding hydrogens is 1200 g/mol. The Kier molecular flexibility index (Phi) is 20.3. The summed E-state index contributed by atoms with van der Waals surface area (Å²) < 4.78 is 71.8. The smallest absolute Gasteiger partial charge is 0.413 e. The number of aliphatic hydroxyl groups is 2. The molecule has 12 atom stereocenters. The van der Waals surface area contributed by atoms with E-state index in [1.807, 2.05) is 0 Å². The summed E-state index contributed by atoms with van der Waals surface area (Å²) in [5.74, 6) is -2.78. The van der Waals surface area contributed by atoms with Crippen molar-refractivity contribution >= 4 is 90.6 Å². The van der Waals surface area contributed by atoms with Crippen LogP contribution in [0.15, 0.2) is 72.5 Å². The Morgan fingerprint density at radius 2 is 1.52 bits per heavy atom. The van der Waals surface area contributed by atoms with Crippen molar-refractivity contribution in [2.24, 2.45) is 17.6 Å². The lowest BCUT2D eigenvalue weighted by atomic mass is 9.89. The highest BCUT2D eigenvalue weighted by Crippen LogP contribution is 2.54. The largest absolute Gasteiger partial charge is 0.444 e. The van der Waals surface area contributed by atoms with E-state index < -0.39 is 113 Å². The number of nitrogens with zero attached hydrogens (tertiary/aromatic N) is 8. The number of primary amides is 1. The Hall–Kier alpha value is -7.84. The molecule has 33 nitrogen and oxygen atoms in total. The summed E-state index contributed by atoms with van der Waals surface area (Å²) in [6, 6.07) is 4.73. The number of urea groups is 1. The number of hydrogen-bond acceptors (Lipinski definition) is 24. The van der Waals surface area contributed by atoms with Gasteiger partial charge >= 0.3 is 27.3 Å². The Morgan fingerprint density at radius 1 is 0.841 bits per heavy atom. The number of H-pyrrole nitrogens is 1. The number of carbonyl (C=O) groups excluding carboxylic acids is 6.